The molecule has 0 bridgehead atoms. The van der Waals surface area contributed by atoms with Crippen LogP contribution in [0, 0.1) is 0 Å². The number of aliphatic hydroxyl groups excluding tert-OH is 1. The van der Waals surface area contributed by atoms with Crippen molar-refractivity contribution in [3.63, 3.8) is 0 Å². The average molecular weight is 269 g/mol. The van der Waals surface area contributed by atoms with Crippen molar-refractivity contribution in [3.8, 4) is 0 Å². The highest BCUT2D eigenvalue weighted by Crippen LogP contribution is 1.92. The van der Waals surface area contributed by atoms with Gasteiger partial charge in [0.05, 0.1) is 32.5 Å². The van der Waals surface area contributed by atoms with Crippen LogP contribution in [0.5, 0.6) is 0 Å². The molecule has 102 valence electrons. The molecule has 0 amide bonds. The summed E-state index contributed by atoms with van der Waals surface area (Å²) in [5.74, 6) is -0.835. The molecule has 0 aromatic rings. The first-order valence-corrected chi connectivity index (χ1v) is 6.90. The Morgan fingerprint density at radius 3 is 2.65 bits per heavy atom. The lowest BCUT2D eigenvalue weighted by Gasteiger charge is -2.06. The van der Waals surface area contributed by atoms with Gasteiger partial charge in [-0.25, -0.2) is 13.1 Å². The largest absolute Gasteiger partial charge is 0.469 e. The fraction of sp³-hybridized carbons (Fsp3) is 0.889. The molecule has 0 rings (SSSR count). The van der Waals surface area contributed by atoms with Crippen molar-refractivity contribution < 1.29 is 27.8 Å². The molecule has 0 spiro atoms. The van der Waals surface area contributed by atoms with Gasteiger partial charge in [-0.3, -0.25) is 4.79 Å². The number of rotatable bonds is 10. The highest BCUT2D eigenvalue weighted by molar-refractivity contribution is 7.89. The molecule has 17 heavy (non-hydrogen) atoms. The SMILES string of the molecule is COC(=O)CCS(=O)(=O)NCCCOCCO. The third-order valence-electron chi connectivity index (χ3n) is 1.83. The summed E-state index contributed by atoms with van der Waals surface area (Å²) in [6.45, 7) is 0.814. The van der Waals surface area contributed by atoms with E-state index in [0.717, 1.165) is 0 Å². The van der Waals surface area contributed by atoms with Gasteiger partial charge in [-0.1, -0.05) is 0 Å². The Bertz CT molecular complexity index is 303. The Kier molecular flexibility index (Phi) is 8.96. The predicted octanol–water partition coefficient (Wildman–Crippen LogP) is -1.13. The van der Waals surface area contributed by atoms with Gasteiger partial charge in [0.2, 0.25) is 10.0 Å². The third kappa shape index (κ3) is 10.2. The van der Waals surface area contributed by atoms with Gasteiger partial charge >= 0.3 is 5.97 Å². The topological polar surface area (TPSA) is 102 Å². The molecule has 0 aliphatic carbocycles. The number of sulfonamides is 1. The minimum Gasteiger partial charge on any atom is -0.469 e. The van der Waals surface area contributed by atoms with Crippen LogP contribution in [0.4, 0.5) is 0 Å². The monoisotopic (exact) mass is 269 g/mol. The number of aliphatic hydroxyl groups is 1. The highest BCUT2D eigenvalue weighted by Gasteiger charge is 2.12. The van der Waals surface area contributed by atoms with Crippen LogP contribution < -0.4 is 4.72 Å². The smallest absolute Gasteiger partial charge is 0.306 e. The molecule has 0 saturated carbocycles. The van der Waals surface area contributed by atoms with E-state index in [1.807, 2.05) is 0 Å². The molecule has 0 aromatic carbocycles. The lowest BCUT2D eigenvalue weighted by atomic mass is 10.5. The second-order valence-corrected chi connectivity index (χ2v) is 5.16. The first-order valence-electron chi connectivity index (χ1n) is 5.24. The van der Waals surface area contributed by atoms with Crippen molar-refractivity contribution in [3.05, 3.63) is 0 Å². The molecule has 0 saturated heterocycles. The summed E-state index contributed by atoms with van der Waals surface area (Å²) >= 11 is 0. The number of carbonyl (C=O) groups is 1. The zero-order valence-corrected chi connectivity index (χ0v) is 10.7. The quantitative estimate of drug-likeness (QED) is 0.384. The normalized spacial score (nSPS) is 11.4. The maximum absolute atomic E-state index is 11.3. The van der Waals surface area contributed by atoms with Gasteiger partial charge < -0.3 is 14.6 Å². The van der Waals surface area contributed by atoms with Crippen LogP contribution in [0.1, 0.15) is 12.8 Å². The summed E-state index contributed by atoms with van der Waals surface area (Å²) in [5, 5.41) is 8.42. The molecule has 0 aliphatic heterocycles. The molecule has 0 aliphatic rings. The Morgan fingerprint density at radius 2 is 2.06 bits per heavy atom. The second-order valence-electron chi connectivity index (χ2n) is 3.23. The molecule has 0 atom stereocenters. The van der Waals surface area contributed by atoms with E-state index in [1.165, 1.54) is 7.11 Å². The van der Waals surface area contributed by atoms with E-state index in [2.05, 4.69) is 9.46 Å². The molecule has 0 radical (unpaired) electrons. The Hall–Kier alpha value is -0.700. The van der Waals surface area contributed by atoms with E-state index in [4.69, 9.17) is 9.84 Å². The Labute approximate surface area is 101 Å². The lowest BCUT2D eigenvalue weighted by Crippen LogP contribution is -2.29. The van der Waals surface area contributed by atoms with E-state index in [1.54, 1.807) is 0 Å². The average Bonchev–Trinajstić information content (AvgIpc) is 2.30. The third-order valence-corrected chi connectivity index (χ3v) is 3.21. The van der Waals surface area contributed by atoms with E-state index in [9.17, 15) is 13.2 Å². The number of ether oxygens (including phenoxy) is 2. The molecule has 0 aromatic heterocycles. The number of hydrogen-bond donors (Lipinski definition) is 2. The molecule has 0 fully saturated rings. The van der Waals surface area contributed by atoms with E-state index in [0.29, 0.717) is 13.0 Å². The standard InChI is InChI=1S/C9H19NO6S/c1-15-9(12)3-8-17(13,14)10-4-2-6-16-7-5-11/h10-11H,2-8H2,1H3. The lowest BCUT2D eigenvalue weighted by molar-refractivity contribution is -0.140. The van der Waals surface area contributed by atoms with Gasteiger partial charge in [0, 0.05) is 13.2 Å². The number of hydrogen-bond acceptors (Lipinski definition) is 6. The van der Waals surface area contributed by atoms with Gasteiger partial charge in [-0.2, -0.15) is 0 Å². The Balaban J connectivity index is 3.61. The van der Waals surface area contributed by atoms with Crippen LogP contribution in [0.15, 0.2) is 0 Å². The van der Waals surface area contributed by atoms with Crippen molar-refractivity contribution in [2.75, 3.05) is 39.2 Å². The molecular formula is C9H19NO6S. The van der Waals surface area contributed by atoms with Crippen molar-refractivity contribution in [1.29, 1.82) is 0 Å². The molecule has 0 unspecified atom stereocenters. The summed E-state index contributed by atoms with van der Waals surface area (Å²) in [7, 11) is -2.23. The zero-order valence-electron chi connectivity index (χ0n) is 9.85. The van der Waals surface area contributed by atoms with Crippen molar-refractivity contribution in [1.82, 2.24) is 4.72 Å². The minimum atomic E-state index is -3.44. The molecule has 7 nitrogen and oxygen atoms in total. The maximum Gasteiger partial charge on any atom is 0.306 e. The second kappa shape index (κ2) is 9.34. The molecule has 0 heterocycles. The predicted molar refractivity (Wildman–Crippen MR) is 60.9 cm³/mol. The summed E-state index contributed by atoms with van der Waals surface area (Å²) in [6, 6.07) is 0. The number of esters is 1. The van der Waals surface area contributed by atoms with Crippen LogP contribution in [-0.2, 0) is 24.3 Å². The van der Waals surface area contributed by atoms with Gasteiger partial charge in [-0.15, -0.1) is 0 Å². The van der Waals surface area contributed by atoms with Crippen LogP contribution in [0.2, 0.25) is 0 Å². The van der Waals surface area contributed by atoms with Gasteiger partial charge in [0.25, 0.3) is 0 Å². The van der Waals surface area contributed by atoms with E-state index < -0.39 is 16.0 Å². The van der Waals surface area contributed by atoms with Crippen molar-refractivity contribution >= 4 is 16.0 Å². The van der Waals surface area contributed by atoms with Gasteiger partial charge in [0.15, 0.2) is 0 Å². The molecule has 2 N–H and O–H groups in total. The van der Waals surface area contributed by atoms with E-state index >= 15 is 0 Å². The summed E-state index contributed by atoms with van der Waals surface area (Å²) in [4.78, 5) is 10.7. The fourth-order valence-electron chi connectivity index (χ4n) is 0.960. The van der Waals surface area contributed by atoms with Crippen molar-refractivity contribution in [2.24, 2.45) is 0 Å². The minimum absolute atomic E-state index is 0.0507. The summed E-state index contributed by atoms with van der Waals surface area (Å²) < 4.78 is 34.3. The first kappa shape index (κ1) is 16.3. The molecular weight excluding hydrogens is 250 g/mol. The zero-order chi connectivity index (χ0) is 13.1. The van der Waals surface area contributed by atoms with Crippen LogP contribution >= 0.6 is 0 Å². The fourth-order valence-corrected chi connectivity index (χ4v) is 2.00. The van der Waals surface area contributed by atoms with Crippen LogP contribution in [0.3, 0.4) is 0 Å². The van der Waals surface area contributed by atoms with Gasteiger partial charge in [-0.05, 0) is 6.42 Å². The number of nitrogens with one attached hydrogen (secondary N) is 1. The Morgan fingerprint density at radius 1 is 1.35 bits per heavy atom. The maximum atomic E-state index is 11.3. The van der Waals surface area contributed by atoms with Crippen molar-refractivity contribution in [2.45, 2.75) is 12.8 Å². The van der Waals surface area contributed by atoms with Crippen LogP contribution in [0.25, 0.3) is 0 Å². The first-order chi connectivity index (χ1) is 8.02. The summed E-state index contributed by atoms with van der Waals surface area (Å²) in [5.41, 5.74) is 0. The summed E-state index contributed by atoms with van der Waals surface area (Å²) in [6.07, 6.45) is 0.351. The molecule has 8 heteroatoms. The number of carbonyl (C=O) groups excluding carboxylic acids is 1. The highest BCUT2D eigenvalue weighted by atomic mass is 32.2. The van der Waals surface area contributed by atoms with E-state index in [-0.39, 0.29) is 31.9 Å². The van der Waals surface area contributed by atoms with Gasteiger partial charge in [0.1, 0.15) is 0 Å². The van der Waals surface area contributed by atoms with Crippen LogP contribution in [-0.4, -0.2) is 58.7 Å². The number of methoxy groups -OCH3 is 1.